The number of pyridine rings is 2. The SMILES string of the molecule is c1cnc(-c2ccc3[nH]nc(-c4nc5ccncc5[nH]4)c3n2)cn1. The Hall–Kier alpha value is -3.68. The summed E-state index contributed by atoms with van der Waals surface area (Å²) in [4.78, 5) is 24.9. The summed E-state index contributed by atoms with van der Waals surface area (Å²) < 4.78 is 0. The summed E-state index contributed by atoms with van der Waals surface area (Å²) in [5.74, 6) is 0.646. The fraction of sp³-hybridized carbons (Fsp3) is 0. The van der Waals surface area contributed by atoms with Gasteiger partial charge in [-0.15, -0.1) is 0 Å². The number of hydrogen-bond donors (Lipinski definition) is 2. The number of fused-ring (bicyclic) bond motifs is 2. The van der Waals surface area contributed by atoms with Gasteiger partial charge in [0.25, 0.3) is 0 Å². The highest BCUT2D eigenvalue weighted by Gasteiger charge is 2.15. The molecule has 0 aromatic carbocycles. The third-order valence-corrected chi connectivity index (χ3v) is 3.74. The second-order valence-electron chi connectivity index (χ2n) is 5.23. The Bertz CT molecular complexity index is 1130. The van der Waals surface area contributed by atoms with Gasteiger partial charge >= 0.3 is 0 Å². The molecule has 0 aliphatic rings. The Morgan fingerprint density at radius 1 is 0.792 bits per heavy atom. The molecule has 114 valence electrons. The molecule has 24 heavy (non-hydrogen) atoms. The molecule has 0 amide bonds. The lowest BCUT2D eigenvalue weighted by atomic mass is 10.2. The van der Waals surface area contributed by atoms with Crippen LogP contribution < -0.4 is 0 Å². The molecule has 0 saturated carbocycles. The van der Waals surface area contributed by atoms with Crippen molar-refractivity contribution in [2.45, 2.75) is 0 Å². The molecule has 5 aromatic heterocycles. The van der Waals surface area contributed by atoms with Gasteiger partial charge in [0.05, 0.1) is 34.6 Å². The molecular formula is C16H10N8. The van der Waals surface area contributed by atoms with Crippen LogP contribution in [0.15, 0.2) is 49.2 Å². The normalized spacial score (nSPS) is 11.3. The van der Waals surface area contributed by atoms with Crippen molar-refractivity contribution in [3.8, 4) is 22.9 Å². The monoisotopic (exact) mass is 314 g/mol. The van der Waals surface area contributed by atoms with Gasteiger partial charge in [-0.2, -0.15) is 5.10 Å². The van der Waals surface area contributed by atoms with Gasteiger partial charge < -0.3 is 4.98 Å². The second-order valence-corrected chi connectivity index (χ2v) is 5.23. The number of hydrogen-bond acceptors (Lipinski definition) is 6. The van der Waals surface area contributed by atoms with Crippen LogP contribution in [0.5, 0.6) is 0 Å². The van der Waals surface area contributed by atoms with Gasteiger partial charge in [0.2, 0.25) is 0 Å². The smallest absolute Gasteiger partial charge is 0.161 e. The van der Waals surface area contributed by atoms with Crippen molar-refractivity contribution in [3.63, 3.8) is 0 Å². The standard InChI is InChI=1S/C16H10N8/c1-2-11-14(20-9(1)12-7-18-5-6-19-12)15(24-23-11)16-21-10-3-4-17-8-13(10)22-16/h1-8H,(H,21,22)(H,23,24). The molecule has 8 nitrogen and oxygen atoms in total. The highest BCUT2D eigenvalue weighted by molar-refractivity contribution is 5.91. The molecule has 0 unspecified atom stereocenters. The van der Waals surface area contributed by atoms with Gasteiger partial charge in [-0.25, -0.2) is 9.97 Å². The van der Waals surface area contributed by atoms with Gasteiger partial charge in [-0.05, 0) is 18.2 Å². The lowest BCUT2D eigenvalue weighted by molar-refractivity contribution is 1.10. The number of aromatic amines is 2. The summed E-state index contributed by atoms with van der Waals surface area (Å²) in [6.45, 7) is 0. The summed E-state index contributed by atoms with van der Waals surface area (Å²) in [7, 11) is 0. The van der Waals surface area contributed by atoms with E-state index in [9.17, 15) is 0 Å². The number of nitrogens with zero attached hydrogens (tertiary/aromatic N) is 6. The van der Waals surface area contributed by atoms with Crippen molar-refractivity contribution in [1.82, 2.24) is 40.1 Å². The van der Waals surface area contributed by atoms with E-state index in [0.29, 0.717) is 17.2 Å². The zero-order chi connectivity index (χ0) is 15.9. The Labute approximate surface area is 135 Å². The zero-order valence-electron chi connectivity index (χ0n) is 12.3. The predicted octanol–water partition coefficient (Wildman–Crippen LogP) is 2.35. The minimum Gasteiger partial charge on any atom is -0.335 e. The van der Waals surface area contributed by atoms with Crippen LogP contribution in [0.4, 0.5) is 0 Å². The van der Waals surface area contributed by atoms with Gasteiger partial charge in [0.15, 0.2) is 11.5 Å². The minimum absolute atomic E-state index is 0.646. The Balaban J connectivity index is 1.71. The van der Waals surface area contributed by atoms with E-state index in [1.165, 1.54) is 0 Å². The first kappa shape index (κ1) is 12.8. The number of rotatable bonds is 2. The lowest BCUT2D eigenvalue weighted by Crippen LogP contribution is -1.89. The average Bonchev–Trinajstić information content (AvgIpc) is 3.25. The van der Waals surface area contributed by atoms with Crippen LogP contribution in [0, 0.1) is 0 Å². The third-order valence-electron chi connectivity index (χ3n) is 3.74. The molecule has 2 N–H and O–H groups in total. The topological polar surface area (TPSA) is 109 Å². The quantitative estimate of drug-likeness (QED) is 0.517. The van der Waals surface area contributed by atoms with Crippen LogP contribution in [0.2, 0.25) is 0 Å². The van der Waals surface area contributed by atoms with Gasteiger partial charge in [-0.3, -0.25) is 20.1 Å². The minimum atomic E-state index is 0.646. The lowest BCUT2D eigenvalue weighted by Gasteiger charge is -1.99. The first-order valence-corrected chi connectivity index (χ1v) is 7.30. The van der Waals surface area contributed by atoms with E-state index in [1.807, 2.05) is 18.2 Å². The molecule has 0 spiro atoms. The largest absolute Gasteiger partial charge is 0.335 e. The fourth-order valence-corrected chi connectivity index (χ4v) is 2.61. The van der Waals surface area contributed by atoms with E-state index in [-0.39, 0.29) is 0 Å². The van der Waals surface area contributed by atoms with E-state index < -0.39 is 0 Å². The Morgan fingerprint density at radius 2 is 1.75 bits per heavy atom. The zero-order valence-corrected chi connectivity index (χ0v) is 12.3. The van der Waals surface area contributed by atoms with E-state index in [0.717, 1.165) is 27.8 Å². The number of aromatic nitrogens is 8. The first-order chi connectivity index (χ1) is 11.9. The Morgan fingerprint density at radius 3 is 2.62 bits per heavy atom. The summed E-state index contributed by atoms with van der Waals surface area (Å²) in [6, 6.07) is 5.66. The number of H-pyrrole nitrogens is 2. The van der Waals surface area contributed by atoms with Gasteiger partial charge in [0, 0.05) is 18.6 Å². The summed E-state index contributed by atoms with van der Waals surface area (Å²) in [5.41, 5.74) is 5.35. The molecule has 5 rings (SSSR count). The van der Waals surface area contributed by atoms with Crippen LogP contribution in [0.25, 0.3) is 45.0 Å². The molecule has 0 aliphatic carbocycles. The molecule has 0 aliphatic heterocycles. The van der Waals surface area contributed by atoms with E-state index in [4.69, 9.17) is 0 Å². The third kappa shape index (κ3) is 1.93. The molecule has 5 aromatic rings. The van der Waals surface area contributed by atoms with Crippen LogP contribution >= 0.6 is 0 Å². The maximum Gasteiger partial charge on any atom is 0.161 e. The van der Waals surface area contributed by atoms with Crippen molar-refractivity contribution in [3.05, 3.63) is 49.2 Å². The first-order valence-electron chi connectivity index (χ1n) is 7.30. The Kier molecular flexibility index (Phi) is 2.63. The van der Waals surface area contributed by atoms with Crippen molar-refractivity contribution >= 4 is 22.1 Å². The van der Waals surface area contributed by atoms with E-state index in [2.05, 4.69) is 40.1 Å². The molecule has 0 fully saturated rings. The molecule has 8 heteroatoms. The van der Waals surface area contributed by atoms with Crippen LogP contribution in [0.3, 0.4) is 0 Å². The van der Waals surface area contributed by atoms with Gasteiger partial charge in [0.1, 0.15) is 11.2 Å². The van der Waals surface area contributed by atoms with Crippen LogP contribution in [-0.4, -0.2) is 40.1 Å². The van der Waals surface area contributed by atoms with Crippen LogP contribution in [0.1, 0.15) is 0 Å². The highest BCUT2D eigenvalue weighted by atomic mass is 15.1. The van der Waals surface area contributed by atoms with Gasteiger partial charge in [-0.1, -0.05) is 0 Å². The maximum atomic E-state index is 4.68. The van der Waals surface area contributed by atoms with E-state index >= 15 is 0 Å². The summed E-state index contributed by atoms with van der Waals surface area (Å²) >= 11 is 0. The van der Waals surface area contributed by atoms with Crippen molar-refractivity contribution < 1.29 is 0 Å². The van der Waals surface area contributed by atoms with Crippen molar-refractivity contribution in [2.75, 3.05) is 0 Å². The molecule has 0 bridgehead atoms. The predicted molar refractivity (Wildman–Crippen MR) is 87.8 cm³/mol. The molecule has 0 saturated heterocycles. The van der Waals surface area contributed by atoms with Crippen LogP contribution in [-0.2, 0) is 0 Å². The second kappa shape index (κ2) is 4.92. The summed E-state index contributed by atoms with van der Waals surface area (Å²) in [5, 5.41) is 7.34. The molecule has 0 atom stereocenters. The molecule has 5 heterocycles. The molecular weight excluding hydrogens is 304 g/mol. The van der Waals surface area contributed by atoms with Crippen molar-refractivity contribution in [2.24, 2.45) is 0 Å². The number of nitrogens with one attached hydrogen (secondary N) is 2. The van der Waals surface area contributed by atoms with E-state index in [1.54, 1.807) is 31.0 Å². The maximum absolute atomic E-state index is 4.68. The number of imidazole rings is 1. The highest BCUT2D eigenvalue weighted by Crippen LogP contribution is 2.26. The van der Waals surface area contributed by atoms with Crippen molar-refractivity contribution in [1.29, 1.82) is 0 Å². The fourth-order valence-electron chi connectivity index (χ4n) is 2.61. The average molecular weight is 314 g/mol. The molecule has 0 radical (unpaired) electrons. The summed E-state index contributed by atoms with van der Waals surface area (Å²) in [6.07, 6.45) is 8.40.